The van der Waals surface area contributed by atoms with E-state index >= 15 is 0 Å². The Morgan fingerprint density at radius 3 is 2.20 bits per heavy atom. The Labute approximate surface area is 224 Å². The number of nitrogen functional groups attached to an aromatic ring is 1. The van der Waals surface area contributed by atoms with Gasteiger partial charge < -0.3 is 16.2 Å². The quantitative estimate of drug-likeness (QED) is 0.264. The number of carbonyl (C=O) groups excluding carboxylic acids is 3. The molecule has 5 aromatic rings. The van der Waals surface area contributed by atoms with Crippen molar-refractivity contribution in [3.63, 3.8) is 0 Å². The average molecular weight is 534 g/mol. The van der Waals surface area contributed by atoms with E-state index in [2.05, 4.69) is 20.3 Å². The summed E-state index contributed by atoms with van der Waals surface area (Å²) in [6, 6.07) is 16.8. The van der Waals surface area contributed by atoms with Crippen LogP contribution in [-0.4, -0.2) is 48.1 Å². The molecule has 196 valence electrons. The van der Waals surface area contributed by atoms with E-state index < -0.39 is 17.7 Å². The number of fused-ring (bicyclic) bond motifs is 5. The van der Waals surface area contributed by atoms with E-state index in [0.29, 0.717) is 33.4 Å². The van der Waals surface area contributed by atoms with Crippen LogP contribution in [0.2, 0.25) is 0 Å². The van der Waals surface area contributed by atoms with Gasteiger partial charge in [0.05, 0.1) is 57.0 Å². The van der Waals surface area contributed by atoms with Gasteiger partial charge in [0.1, 0.15) is 0 Å². The molecule has 12 heteroatoms. The van der Waals surface area contributed by atoms with Gasteiger partial charge in [-0.3, -0.25) is 33.7 Å². The molecule has 40 heavy (non-hydrogen) atoms. The number of hydrogen-bond acceptors (Lipinski definition) is 9. The van der Waals surface area contributed by atoms with E-state index in [1.807, 2.05) is 0 Å². The minimum absolute atomic E-state index is 0.0926. The van der Waals surface area contributed by atoms with Gasteiger partial charge in [0, 0.05) is 12.4 Å². The Kier molecular flexibility index (Phi) is 6.64. The van der Waals surface area contributed by atoms with Crippen molar-refractivity contribution in [2.45, 2.75) is 0 Å². The second-order valence-electron chi connectivity index (χ2n) is 8.41. The fourth-order valence-electron chi connectivity index (χ4n) is 4.09. The maximum Gasteiger partial charge on any atom is 0.337 e. The number of ketones is 2. The molecule has 2 aromatic carbocycles. The lowest BCUT2D eigenvalue weighted by atomic mass is 10.1. The van der Waals surface area contributed by atoms with Gasteiger partial charge in [0.15, 0.2) is 5.82 Å². The number of carboxylic acid groups (broad SMARTS) is 1. The molecule has 2 aliphatic heterocycles. The number of pyridine rings is 2. The van der Waals surface area contributed by atoms with Gasteiger partial charge in [-0.1, -0.05) is 24.3 Å². The maximum atomic E-state index is 12.5. The lowest BCUT2D eigenvalue weighted by Crippen LogP contribution is -2.21. The van der Waals surface area contributed by atoms with Crippen LogP contribution < -0.4 is 16.6 Å². The van der Waals surface area contributed by atoms with Crippen molar-refractivity contribution >= 4 is 45.7 Å². The molecule has 1 amide bonds. The van der Waals surface area contributed by atoms with Gasteiger partial charge in [-0.15, -0.1) is 0 Å². The molecule has 7 rings (SSSR count). The smallest absolute Gasteiger partial charge is 0.337 e. The van der Waals surface area contributed by atoms with Gasteiger partial charge >= 0.3 is 5.97 Å². The summed E-state index contributed by atoms with van der Waals surface area (Å²) in [5.41, 5.74) is 7.96. The van der Waals surface area contributed by atoms with Crippen molar-refractivity contribution in [3.05, 3.63) is 118 Å². The summed E-state index contributed by atoms with van der Waals surface area (Å²) in [5.74, 6) is -2.07. The molecular weight excluding hydrogens is 516 g/mol. The van der Waals surface area contributed by atoms with Crippen molar-refractivity contribution in [1.29, 1.82) is 0 Å². The van der Waals surface area contributed by atoms with Crippen LogP contribution in [0.1, 0.15) is 36.9 Å². The number of aromatic carboxylic acids is 1. The average Bonchev–Trinajstić information content (AvgIpc) is 3.42. The van der Waals surface area contributed by atoms with Gasteiger partial charge in [-0.2, -0.15) is 0 Å². The fraction of sp³-hybridized carbons (Fsp3) is 0. The Morgan fingerprint density at radius 2 is 1.50 bits per heavy atom. The maximum absolute atomic E-state index is 12.5. The Hall–Kier alpha value is -6.04. The van der Waals surface area contributed by atoms with Crippen LogP contribution in [0.5, 0.6) is 0 Å². The minimum Gasteiger partial charge on any atom is -0.478 e. The first-order valence-corrected chi connectivity index (χ1v) is 11.7. The fourth-order valence-corrected chi connectivity index (χ4v) is 4.09. The van der Waals surface area contributed by atoms with E-state index in [1.165, 1.54) is 29.2 Å². The molecule has 4 N–H and O–H groups in total. The molecule has 5 heterocycles. The van der Waals surface area contributed by atoms with Crippen molar-refractivity contribution in [2.24, 2.45) is 0 Å². The van der Waals surface area contributed by atoms with Crippen LogP contribution in [-0.2, 0) is 4.79 Å². The molecule has 0 aliphatic carbocycles. The number of benzene rings is 2. The number of carbonyl (C=O) groups is 4. The van der Waals surface area contributed by atoms with Crippen molar-refractivity contribution in [3.8, 4) is 5.69 Å². The molecule has 3 aromatic heterocycles. The summed E-state index contributed by atoms with van der Waals surface area (Å²) in [5, 5.41) is 11.4. The van der Waals surface area contributed by atoms with E-state index in [1.54, 1.807) is 60.8 Å². The van der Waals surface area contributed by atoms with Crippen LogP contribution in [0.15, 0.2) is 90.2 Å². The predicted molar refractivity (Wildman–Crippen MR) is 144 cm³/mol. The zero-order valence-corrected chi connectivity index (χ0v) is 20.4. The van der Waals surface area contributed by atoms with Crippen LogP contribution in [0.4, 0.5) is 11.4 Å². The molecule has 0 unspecified atom stereocenters. The number of nitrogens with zero attached hydrogens (tertiary/aromatic N) is 4. The number of rotatable bonds is 1. The summed E-state index contributed by atoms with van der Waals surface area (Å²) in [6.45, 7) is 0. The number of carboxylic acids is 1. The van der Waals surface area contributed by atoms with E-state index in [-0.39, 0.29) is 28.4 Å². The van der Waals surface area contributed by atoms with Crippen LogP contribution in [0.25, 0.3) is 16.6 Å². The molecule has 12 nitrogen and oxygen atoms in total. The van der Waals surface area contributed by atoms with Gasteiger partial charge in [-0.25, -0.2) is 9.78 Å². The number of nitrogens with one attached hydrogen (secondary N) is 1. The van der Waals surface area contributed by atoms with Crippen LogP contribution in [0.3, 0.4) is 0 Å². The van der Waals surface area contributed by atoms with Crippen molar-refractivity contribution in [1.82, 2.24) is 19.5 Å². The first-order valence-electron chi connectivity index (χ1n) is 11.7. The third kappa shape index (κ3) is 4.56. The number of anilines is 2. The second-order valence-corrected chi connectivity index (χ2v) is 8.41. The topological polar surface area (TPSA) is 187 Å². The first-order chi connectivity index (χ1) is 19.3. The van der Waals surface area contributed by atoms with E-state index in [4.69, 9.17) is 10.8 Å². The minimum atomic E-state index is -1.03. The zero-order valence-electron chi connectivity index (χ0n) is 20.4. The number of aromatic nitrogens is 4. The third-order valence-corrected chi connectivity index (χ3v) is 5.97. The van der Waals surface area contributed by atoms with Gasteiger partial charge in [0.2, 0.25) is 5.78 Å². The highest BCUT2D eigenvalue weighted by molar-refractivity contribution is 6.51. The highest BCUT2D eigenvalue weighted by Crippen LogP contribution is 2.25. The Morgan fingerprint density at radius 1 is 0.825 bits per heavy atom. The number of nitrogens with two attached hydrogens (primary N) is 1. The summed E-state index contributed by atoms with van der Waals surface area (Å²) in [7, 11) is 0. The predicted octanol–water partition coefficient (Wildman–Crippen LogP) is 2.51. The number of Topliss-reactive ketones (excluding diaryl/α,β-unsaturated/α-hetero) is 1. The molecule has 0 saturated carbocycles. The molecule has 0 spiro atoms. The summed E-state index contributed by atoms with van der Waals surface area (Å²) in [6.07, 6.45) is 5.73. The first kappa shape index (κ1) is 25.6. The van der Waals surface area contributed by atoms with Crippen molar-refractivity contribution < 1.29 is 24.3 Å². The third-order valence-electron chi connectivity index (χ3n) is 5.97. The highest BCUT2D eigenvalue weighted by atomic mass is 16.4. The second kappa shape index (κ2) is 10.4. The zero-order chi connectivity index (χ0) is 28.4. The lowest BCUT2D eigenvalue weighted by Gasteiger charge is -2.04. The Bertz CT molecular complexity index is 1920. The Balaban J connectivity index is 0.000000132. The molecule has 0 atom stereocenters. The van der Waals surface area contributed by atoms with Crippen molar-refractivity contribution in [2.75, 3.05) is 11.1 Å². The summed E-state index contributed by atoms with van der Waals surface area (Å²) >= 11 is 0. The lowest BCUT2D eigenvalue weighted by molar-refractivity contribution is -0.112. The standard InChI is InChI=1S/C14H7N3O2.C8H5NO2.C6H6N2O2/c18-12-9-3-1-2-4-11(9)17-13(12)16-10-7-15-6-5-8(10)14(17)19;10-7-5-3-1-2-4-6(5)9-8(7)11;7-5-3-8-2-1-4(5)6(9)10/h1-7H;1-4H,(H,9,10,11);1-3H,7H2,(H,9,10). The molecule has 0 bridgehead atoms. The molecular formula is C28H18N6O6. The van der Waals surface area contributed by atoms with Crippen LogP contribution in [0, 0.1) is 0 Å². The highest BCUT2D eigenvalue weighted by Gasteiger charge is 2.30. The van der Waals surface area contributed by atoms with E-state index in [9.17, 15) is 24.0 Å². The monoisotopic (exact) mass is 534 g/mol. The summed E-state index contributed by atoms with van der Waals surface area (Å²) in [4.78, 5) is 68.6. The van der Waals surface area contributed by atoms with E-state index in [0.717, 1.165) is 0 Å². The molecule has 2 aliphatic rings. The SMILES string of the molecule is Nc1cnccc1C(=O)O.O=C1Nc2ccccc2C1=O.O=C1c2ccccc2-n2c1nc1cnccc1c2=O. The summed E-state index contributed by atoms with van der Waals surface area (Å²) < 4.78 is 1.38. The molecule has 0 saturated heterocycles. The largest absolute Gasteiger partial charge is 0.478 e. The number of para-hydroxylation sites is 2. The van der Waals surface area contributed by atoms with Crippen LogP contribution >= 0.6 is 0 Å². The number of hydrogen-bond donors (Lipinski definition) is 3. The normalized spacial score (nSPS) is 12.2. The molecule has 0 radical (unpaired) electrons. The van der Waals surface area contributed by atoms with Gasteiger partial charge in [0.25, 0.3) is 17.2 Å². The molecule has 0 fully saturated rings. The number of amides is 1. The van der Waals surface area contributed by atoms with Gasteiger partial charge in [-0.05, 0) is 36.4 Å².